The molecule has 0 bridgehead atoms. The lowest BCUT2D eigenvalue weighted by molar-refractivity contribution is 0.927. The van der Waals surface area contributed by atoms with E-state index in [2.05, 4.69) is 284 Å². The molecule has 0 radical (unpaired) electrons. The van der Waals surface area contributed by atoms with E-state index in [4.69, 9.17) is 33.1 Å². The van der Waals surface area contributed by atoms with Crippen molar-refractivity contribution < 1.29 is 0 Å². The summed E-state index contributed by atoms with van der Waals surface area (Å²) in [4.78, 5) is 35.7. The Balaban J connectivity index is 0.000000150. The Labute approximate surface area is 577 Å². The molecule has 18 rings (SSSR count). The molecule has 0 saturated heterocycles. The van der Waals surface area contributed by atoms with Crippen molar-refractivity contribution in [3.05, 3.63) is 311 Å². The van der Waals surface area contributed by atoms with Gasteiger partial charge in [0, 0.05) is 76.6 Å². The van der Waals surface area contributed by atoms with Gasteiger partial charge in [-0.05, 0) is 162 Å². The molecule has 0 saturated carbocycles. The number of rotatable bonds is 8. The fourth-order valence-electron chi connectivity index (χ4n) is 15.0. The van der Waals surface area contributed by atoms with Gasteiger partial charge in [-0.25, -0.2) is 39.6 Å². The van der Waals surface area contributed by atoms with Crippen molar-refractivity contribution in [1.82, 2.24) is 48.2 Å². The molecule has 0 amide bonds. The zero-order valence-electron chi connectivity index (χ0n) is 56.5. The molecule has 0 aliphatic rings. The first-order valence-electron chi connectivity index (χ1n) is 33.5. The van der Waals surface area contributed by atoms with Crippen LogP contribution >= 0.6 is 0 Å². The van der Waals surface area contributed by atoms with E-state index < -0.39 is 0 Å². The molecular weight excluding hydrogens is 1230 g/mol. The van der Waals surface area contributed by atoms with Gasteiger partial charge >= 0.3 is 0 Å². The van der Waals surface area contributed by atoms with E-state index in [-0.39, 0.29) is 0 Å². The Morgan fingerprint density at radius 2 is 0.530 bits per heavy atom. The number of hydrogen-bond acceptors (Lipinski definition) is 6. The van der Waals surface area contributed by atoms with E-state index in [1.165, 1.54) is 65.3 Å². The molecule has 0 aliphatic carbocycles. The summed E-state index contributed by atoms with van der Waals surface area (Å²) in [5.74, 6) is 4.00. The number of benzene rings is 12. The average molecular weight is 1290 g/mol. The largest absolute Gasteiger partial charge is 0.310 e. The lowest BCUT2D eigenvalue weighted by Gasteiger charge is -2.20. The first-order chi connectivity index (χ1) is 48.7. The molecule has 0 N–H and O–H groups in total. The Hall–Kier alpha value is -13.2. The van der Waals surface area contributed by atoms with E-state index in [9.17, 15) is 0 Å². The van der Waals surface area contributed by atoms with Crippen LogP contribution < -0.4 is 0 Å². The summed E-state index contributed by atoms with van der Waals surface area (Å²) in [5.41, 5.74) is 24.6. The zero-order chi connectivity index (χ0) is 68.2. The van der Waals surface area contributed by atoms with Gasteiger partial charge in [0.15, 0.2) is 23.0 Å². The van der Waals surface area contributed by atoms with Gasteiger partial charge in [0.2, 0.25) is 0 Å². The van der Waals surface area contributed by atoms with Crippen LogP contribution in [0.4, 0.5) is 11.4 Å². The molecule has 12 heteroatoms. The highest BCUT2D eigenvalue weighted by molar-refractivity contribution is 6.14. The first kappa shape index (κ1) is 60.5. The van der Waals surface area contributed by atoms with Crippen LogP contribution in [0.1, 0.15) is 45.6 Å². The van der Waals surface area contributed by atoms with Crippen LogP contribution in [-0.2, 0) is 0 Å². The van der Waals surface area contributed by atoms with Crippen LogP contribution in [-0.4, -0.2) is 48.2 Å². The number of fused-ring (bicyclic) bond motifs is 12. The molecule has 0 aliphatic heterocycles. The highest BCUT2D eigenvalue weighted by Crippen LogP contribution is 2.46. The van der Waals surface area contributed by atoms with Crippen LogP contribution in [0.25, 0.3) is 165 Å². The standard InChI is InChI=1S/2C44H32N6/c1-26-14-18-34-32-10-6-8-12-38(32)49(41(34)22-26)40-21-17-31(45-5)25-37(40)36-20-16-30(44-47-28(3)46-29(4)48-44)24-43(36)50-39-13-9-7-11-33(39)35-19-15-27(2)23-42(35)50;1-26-14-18-34-32-10-6-8-12-38(32)49(40(34)22-26)42-24-30(44-47-28(3)46-29(4)48-44)16-20-36(42)37-21-17-31(45-5)25-43(37)50-39-13-9-7-11-33(39)35-19-15-27(2)23-41(35)50/h2*6-25H,1-4H3. The maximum Gasteiger partial charge on any atom is 0.189 e. The van der Waals surface area contributed by atoms with Crippen LogP contribution in [0.2, 0.25) is 0 Å². The molecule has 6 heterocycles. The number of para-hydroxylation sites is 4. The number of hydrogen-bond donors (Lipinski definition) is 0. The third kappa shape index (κ3) is 10.1. The fraction of sp³-hybridized carbons (Fsp3) is 0.0909. The quantitative estimate of drug-likeness (QED) is 0.140. The molecule has 0 spiro atoms. The third-order valence-corrected chi connectivity index (χ3v) is 19.3. The van der Waals surface area contributed by atoms with Gasteiger partial charge in [0.05, 0.1) is 74.3 Å². The smallest absolute Gasteiger partial charge is 0.189 e. The predicted octanol–water partition coefficient (Wildman–Crippen LogP) is 22.4. The minimum Gasteiger partial charge on any atom is -0.310 e. The van der Waals surface area contributed by atoms with Crippen LogP contribution in [0.3, 0.4) is 0 Å². The maximum atomic E-state index is 8.05. The van der Waals surface area contributed by atoms with Gasteiger partial charge in [0.1, 0.15) is 23.3 Å². The van der Waals surface area contributed by atoms with Gasteiger partial charge in [-0.3, -0.25) is 0 Å². The van der Waals surface area contributed by atoms with E-state index in [0.717, 1.165) is 100 Å². The number of nitrogens with zero attached hydrogens (tertiary/aromatic N) is 12. The second-order valence-corrected chi connectivity index (χ2v) is 26.1. The van der Waals surface area contributed by atoms with Crippen LogP contribution in [0.15, 0.2) is 243 Å². The lowest BCUT2D eigenvalue weighted by atomic mass is 9.98. The average Bonchev–Trinajstić information content (AvgIpc) is 1.55. The normalized spacial score (nSPS) is 11.6. The summed E-state index contributed by atoms with van der Waals surface area (Å²) in [6.07, 6.45) is 0. The lowest BCUT2D eigenvalue weighted by Crippen LogP contribution is -2.03. The predicted molar refractivity (Wildman–Crippen MR) is 409 cm³/mol. The van der Waals surface area contributed by atoms with Crippen molar-refractivity contribution >= 4 is 98.6 Å². The molecular formula is C88H64N12. The molecule has 0 atom stereocenters. The summed E-state index contributed by atoms with van der Waals surface area (Å²) >= 11 is 0. The topological polar surface area (TPSA) is 106 Å². The zero-order valence-corrected chi connectivity index (χ0v) is 56.5. The minimum atomic E-state index is 0.581. The summed E-state index contributed by atoms with van der Waals surface area (Å²) in [6, 6.07) is 85.9. The summed E-state index contributed by atoms with van der Waals surface area (Å²) in [6.45, 7) is 32.2. The molecule has 0 unspecified atom stereocenters. The Kier molecular flexibility index (Phi) is 14.5. The van der Waals surface area contributed by atoms with Crippen LogP contribution in [0.5, 0.6) is 0 Å². The third-order valence-electron chi connectivity index (χ3n) is 19.3. The summed E-state index contributed by atoms with van der Waals surface area (Å²) < 4.78 is 9.42. The second-order valence-electron chi connectivity index (χ2n) is 26.1. The monoisotopic (exact) mass is 1290 g/mol. The molecule has 6 aromatic heterocycles. The van der Waals surface area contributed by atoms with Gasteiger partial charge in [0.25, 0.3) is 0 Å². The van der Waals surface area contributed by atoms with Crippen molar-refractivity contribution in [3.8, 4) is 67.8 Å². The SMILES string of the molecule is [C-]#[N+]c1ccc(-c2ccc(-c3nc(C)nc(C)n3)cc2-n2c3ccccc3c3ccc(C)cc32)c(-n2c3ccccc3c3ccc(C)cc32)c1.[C-]#[N+]c1ccc(-n2c3ccccc3c3ccc(C)cc32)c(-c2ccc(-c3nc(C)nc(C)n3)cc2-n2c3ccccc3c3ccc(C)cc32)c1. The van der Waals surface area contributed by atoms with E-state index in [1.807, 2.05) is 52.0 Å². The molecule has 18 aromatic rings. The molecule has 100 heavy (non-hydrogen) atoms. The van der Waals surface area contributed by atoms with Gasteiger partial charge in [-0.15, -0.1) is 0 Å². The van der Waals surface area contributed by atoms with E-state index in [0.29, 0.717) is 46.3 Å². The van der Waals surface area contributed by atoms with Crippen molar-refractivity contribution in [2.45, 2.75) is 55.4 Å². The van der Waals surface area contributed by atoms with Gasteiger partial charge < -0.3 is 18.3 Å². The van der Waals surface area contributed by atoms with Crippen molar-refractivity contribution in [3.63, 3.8) is 0 Å². The molecule has 12 aromatic carbocycles. The number of aryl methyl sites for hydroxylation is 8. The minimum absolute atomic E-state index is 0.581. The van der Waals surface area contributed by atoms with Crippen molar-refractivity contribution in [2.24, 2.45) is 0 Å². The number of aromatic nitrogens is 10. The molecule has 476 valence electrons. The van der Waals surface area contributed by atoms with Crippen molar-refractivity contribution in [1.29, 1.82) is 0 Å². The molecule has 12 nitrogen and oxygen atoms in total. The fourth-order valence-corrected chi connectivity index (χ4v) is 15.0. The summed E-state index contributed by atoms with van der Waals surface area (Å²) in [5, 5.41) is 9.48. The Morgan fingerprint density at radius 1 is 0.240 bits per heavy atom. The van der Waals surface area contributed by atoms with Gasteiger partial charge in [-0.2, -0.15) is 0 Å². The Bertz CT molecular complexity index is 6520. The van der Waals surface area contributed by atoms with Gasteiger partial charge in [-0.1, -0.05) is 164 Å². The van der Waals surface area contributed by atoms with E-state index >= 15 is 0 Å². The highest BCUT2D eigenvalue weighted by atomic mass is 15.1. The second kappa shape index (κ2) is 23.9. The first-order valence-corrected chi connectivity index (χ1v) is 33.5. The van der Waals surface area contributed by atoms with Crippen molar-refractivity contribution in [2.75, 3.05) is 0 Å². The van der Waals surface area contributed by atoms with Crippen LogP contribution in [0, 0.1) is 68.5 Å². The molecule has 0 fully saturated rings. The highest BCUT2D eigenvalue weighted by Gasteiger charge is 2.25. The Morgan fingerprint density at radius 3 is 0.890 bits per heavy atom. The van der Waals surface area contributed by atoms with E-state index in [1.54, 1.807) is 0 Å². The summed E-state index contributed by atoms with van der Waals surface area (Å²) in [7, 11) is 0. The maximum absolute atomic E-state index is 8.05.